The number of anilines is 4. The second kappa shape index (κ2) is 4.78. The molecule has 1 aromatic heterocycles. The van der Waals surface area contributed by atoms with Crippen molar-refractivity contribution >= 4 is 34.8 Å². The van der Waals surface area contributed by atoms with Crippen molar-refractivity contribution in [1.82, 2.24) is 4.98 Å². The van der Waals surface area contributed by atoms with Crippen molar-refractivity contribution in [2.24, 2.45) is 0 Å². The van der Waals surface area contributed by atoms with Gasteiger partial charge in [-0.1, -0.05) is 12.1 Å². The fourth-order valence-corrected chi connectivity index (χ4v) is 2.23. The average Bonchev–Trinajstić information content (AvgIpc) is 2.46. The molecule has 21 heavy (non-hydrogen) atoms. The van der Waals surface area contributed by atoms with Crippen LogP contribution in [-0.4, -0.2) is 28.5 Å². The van der Waals surface area contributed by atoms with Gasteiger partial charge in [-0.25, -0.2) is 9.78 Å². The second-order valence-electron chi connectivity index (χ2n) is 4.59. The molecule has 2 heterocycles. The number of benzene rings is 1. The van der Waals surface area contributed by atoms with Crippen LogP contribution < -0.4 is 16.0 Å². The number of nitrogens with one attached hydrogen (secondary N) is 1. The minimum absolute atomic E-state index is 0.0385. The van der Waals surface area contributed by atoms with Gasteiger partial charge in [0.15, 0.2) is 0 Å². The smallest absolute Gasteiger partial charge is 0.337 e. The predicted molar refractivity (Wildman–Crippen MR) is 77.7 cm³/mol. The summed E-state index contributed by atoms with van der Waals surface area (Å²) in [4.78, 5) is 28.7. The van der Waals surface area contributed by atoms with Crippen LogP contribution in [0.25, 0.3) is 0 Å². The molecule has 0 aliphatic carbocycles. The third-order valence-electron chi connectivity index (χ3n) is 3.20. The largest absolute Gasteiger partial charge is 0.478 e. The minimum Gasteiger partial charge on any atom is -0.478 e. The van der Waals surface area contributed by atoms with Crippen molar-refractivity contribution in [3.8, 4) is 0 Å². The summed E-state index contributed by atoms with van der Waals surface area (Å²) in [6.07, 6.45) is 1.29. The summed E-state index contributed by atoms with van der Waals surface area (Å²) in [5.41, 5.74) is 7.06. The Morgan fingerprint density at radius 3 is 2.90 bits per heavy atom. The molecule has 1 aromatic carbocycles. The number of carbonyl (C=O) groups is 2. The summed E-state index contributed by atoms with van der Waals surface area (Å²) in [6, 6.07) is 8.61. The van der Waals surface area contributed by atoms with E-state index >= 15 is 0 Å². The van der Waals surface area contributed by atoms with Crippen LogP contribution in [0.2, 0.25) is 0 Å². The number of aromatic carboxylic acids is 1. The van der Waals surface area contributed by atoms with Gasteiger partial charge >= 0.3 is 5.97 Å². The average molecular weight is 284 g/mol. The normalized spacial score (nSPS) is 13.5. The molecule has 4 N–H and O–H groups in total. The van der Waals surface area contributed by atoms with Gasteiger partial charge < -0.3 is 21.1 Å². The number of rotatable bonds is 2. The SMILES string of the molecule is Nc1cnc(N2CC(=O)Nc3ccccc32)cc1C(=O)O. The van der Waals surface area contributed by atoms with Gasteiger partial charge in [0.25, 0.3) is 0 Å². The number of para-hydroxylation sites is 2. The molecule has 0 fully saturated rings. The lowest BCUT2D eigenvalue weighted by Crippen LogP contribution is -2.35. The van der Waals surface area contributed by atoms with Crippen LogP contribution in [0, 0.1) is 0 Å². The Morgan fingerprint density at radius 2 is 2.14 bits per heavy atom. The van der Waals surface area contributed by atoms with Gasteiger partial charge in [0.2, 0.25) is 5.91 Å². The van der Waals surface area contributed by atoms with Crippen LogP contribution >= 0.6 is 0 Å². The quantitative estimate of drug-likeness (QED) is 0.770. The Morgan fingerprint density at radius 1 is 1.38 bits per heavy atom. The Bertz CT molecular complexity index is 745. The number of amides is 1. The third kappa shape index (κ3) is 2.25. The molecule has 7 nitrogen and oxygen atoms in total. The maximum absolute atomic E-state index is 11.8. The first-order chi connectivity index (χ1) is 10.1. The van der Waals surface area contributed by atoms with E-state index in [-0.39, 0.29) is 23.7 Å². The van der Waals surface area contributed by atoms with Crippen LogP contribution in [0.5, 0.6) is 0 Å². The Balaban J connectivity index is 2.11. The van der Waals surface area contributed by atoms with E-state index in [4.69, 9.17) is 10.8 Å². The number of nitrogen functional groups attached to an aromatic ring is 1. The molecule has 3 rings (SSSR count). The fourth-order valence-electron chi connectivity index (χ4n) is 2.23. The summed E-state index contributed by atoms with van der Waals surface area (Å²) in [5.74, 6) is -0.959. The van der Waals surface area contributed by atoms with E-state index in [1.807, 2.05) is 18.2 Å². The maximum atomic E-state index is 11.8. The summed E-state index contributed by atoms with van der Waals surface area (Å²) >= 11 is 0. The lowest BCUT2D eigenvalue weighted by atomic mass is 10.1. The highest BCUT2D eigenvalue weighted by atomic mass is 16.4. The molecule has 0 saturated carbocycles. The number of nitrogens with zero attached hydrogens (tertiary/aromatic N) is 2. The van der Waals surface area contributed by atoms with Gasteiger partial charge in [0.05, 0.1) is 28.8 Å². The van der Waals surface area contributed by atoms with E-state index in [2.05, 4.69) is 10.3 Å². The number of aromatic nitrogens is 1. The van der Waals surface area contributed by atoms with Crippen LogP contribution in [0.4, 0.5) is 22.9 Å². The molecule has 0 atom stereocenters. The van der Waals surface area contributed by atoms with E-state index in [1.54, 1.807) is 11.0 Å². The van der Waals surface area contributed by atoms with E-state index in [0.29, 0.717) is 11.5 Å². The fraction of sp³-hybridized carbons (Fsp3) is 0.0714. The summed E-state index contributed by atoms with van der Waals surface area (Å²) in [6.45, 7) is 0.0625. The van der Waals surface area contributed by atoms with Crippen molar-refractivity contribution < 1.29 is 14.7 Å². The van der Waals surface area contributed by atoms with Gasteiger partial charge in [-0.15, -0.1) is 0 Å². The molecular weight excluding hydrogens is 272 g/mol. The number of carboxylic acid groups (broad SMARTS) is 1. The third-order valence-corrected chi connectivity index (χ3v) is 3.20. The van der Waals surface area contributed by atoms with Gasteiger partial charge in [-0.05, 0) is 18.2 Å². The van der Waals surface area contributed by atoms with Crippen molar-refractivity contribution in [1.29, 1.82) is 0 Å². The Hall–Kier alpha value is -3.09. The molecule has 1 aliphatic rings. The lowest BCUT2D eigenvalue weighted by molar-refractivity contribution is -0.115. The standard InChI is InChI=1S/C14H12N4O3/c15-9-6-16-12(5-8(9)14(20)21)18-7-13(19)17-10-3-1-2-4-11(10)18/h1-6H,7,15H2,(H,17,19)(H,20,21). The van der Waals surface area contributed by atoms with Crippen LogP contribution in [0.15, 0.2) is 36.5 Å². The zero-order valence-corrected chi connectivity index (χ0v) is 10.9. The van der Waals surface area contributed by atoms with E-state index < -0.39 is 5.97 Å². The summed E-state index contributed by atoms with van der Waals surface area (Å²) in [7, 11) is 0. The molecule has 1 aliphatic heterocycles. The number of pyridine rings is 1. The predicted octanol–water partition coefficient (Wildman–Crippen LogP) is 1.45. The highest BCUT2D eigenvalue weighted by molar-refractivity contribution is 6.03. The first-order valence-corrected chi connectivity index (χ1v) is 6.21. The van der Waals surface area contributed by atoms with Crippen molar-refractivity contribution in [3.63, 3.8) is 0 Å². The van der Waals surface area contributed by atoms with Crippen molar-refractivity contribution in [2.75, 3.05) is 22.5 Å². The number of carboxylic acids is 1. The highest BCUT2D eigenvalue weighted by Crippen LogP contribution is 2.34. The van der Waals surface area contributed by atoms with Gasteiger partial charge in [-0.3, -0.25) is 4.79 Å². The molecule has 2 aromatic rings. The molecule has 0 radical (unpaired) electrons. The highest BCUT2D eigenvalue weighted by Gasteiger charge is 2.24. The maximum Gasteiger partial charge on any atom is 0.337 e. The Kier molecular flexibility index (Phi) is 2.94. The van der Waals surface area contributed by atoms with Gasteiger partial charge in [0.1, 0.15) is 12.4 Å². The zero-order chi connectivity index (χ0) is 15.0. The van der Waals surface area contributed by atoms with Crippen molar-refractivity contribution in [2.45, 2.75) is 0 Å². The first kappa shape index (κ1) is 12.9. The van der Waals surface area contributed by atoms with Crippen LogP contribution in [-0.2, 0) is 4.79 Å². The number of hydrogen-bond acceptors (Lipinski definition) is 5. The lowest BCUT2D eigenvalue weighted by Gasteiger charge is -2.30. The summed E-state index contributed by atoms with van der Waals surface area (Å²) < 4.78 is 0. The molecular formula is C14H12N4O3. The van der Waals surface area contributed by atoms with Crippen molar-refractivity contribution in [3.05, 3.63) is 42.1 Å². The topological polar surface area (TPSA) is 109 Å². The van der Waals surface area contributed by atoms with E-state index in [9.17, 15) is 9.59 Å². The number of carbonyl (C=O) groups excluding carboxylic acids is 1. The molecule has 106 valence electrons. The van der Waals surface area contributed by atoms with Gasteiger partial charge in [0, 0.05) is 0 Å². The Labute approximate surface area is 120 Å². The molecule has 0 bridgehead atoms. The van der Waals surface area contributed by atoms with E-state index in [0.717, 1.165) is 5.69 Å². The molecule has 7 heteroatoms. The molecule has 0 saturated heterocycles. The van der Waals surface area contributed by atoms with Crippen LogP contribution in [0.3, 0.4) is 0 Å². The second-order valence-corrected chi connectivity index (χ2v) is 4.59. The number of fused-ring (bicyclic) bond motifs is 1. The van der Waals surface area contributed by atoms with Gasteiger partial charge in [-0.2, -0.15) is 0 Å². The van der Waals surface area contributed by atoms with Crippen LogP contribution in [0.1, 0.15) is 10.4 Å². The minimum atomic E-state index is -1.13. The summed E-state index contributed by atoms with van der Waals surface area (Å²) in [5, 5.41) is 11.9. The van der Waals surface area contributed by atoms with E-state index in [1.165, 1.54) is 12.3 Å². The molecule has 0 spiro atoms. The monoisotopic (exact) mass is 284 g/mol. The first-order valence-electron chi connectivity index (χ1n) is 6.21. The zero-order valence-electron chi connectivity index (χ0n) is 10.9. The molecule has 0 unspecified atom stereocenters. The number of nitrogens with two attached hydrogens (primary N) is 1. The number of hydrogen-bond donors (Lipinski definition) is 3. The molecule has 1 amide bonds.